The Hall–Kier alpha value is -2.60. The summed E-state index contributed by atoms with van der Waals surface area (Å²) in [6.07, 6.45) is 3.59. The summed E-state index contributed by atoms with van der Waals surface area (Å²) in [5.74, 6) is -0.479. The minimum atomic E-state index is -0.479. The molecule has 6 nitrogen and oxygen atoms in total. The summed E-state index contributed by atoms with van der Waals surface area (Å²) in [6.45, 7) is 0.445. The lowest BCUT2D eigenvalue weighted by Gasteiger charge is -2.07. The Labute approximate surface area is 138 Å². The fraction of sp³-hybridized carbons (Fsp3) is 0.188. The number of carbonyl (C=O) groups is 1. The van der Waals surface area contributed by atoms with Crippen LogP contribution in [0, 0.1) is 0 Å². The lowest BCUT2D eigenvalue weighted by Crippen LogP contribution is -2.07. The van der Waals surface area contributed by atoms with Gasteiger partial charge in [-0.1, -0.05) is 29.8 Å². The molecule has 0 amide bonds. The van der Waals surface area contributed by atoms with E-state index in [1.807, 2.05) is 37.5 Å². The zero-order valence-corrected chi connectivity index (χ0v) is 13.5. The molecule has 1 aromatic carbocycles. The van der Waals surface area contributed by atoms with Crippen LogP contribution in [-0.4, -0.2) is 32.6 Å². The molecule has 0 N–H and O–H groups in total. The topological polar surface area (TPSA) is 61.9 Å². The monoisotopic (exact) mass is 330 g/mol. The molecule has 0 bridgehead atoms. The first-order valence-corrected chi connectivity index (χ1v) is 7.35. The van der Waals surface area contributed by atoms with Gasteiger partial charge in [-0.2, -0.15) is 10.2 Å². The van der Waals surface area contributed by atoms with Crippen LogP contribution in [0.3, 0.4) is 0 Å². The lowest BCUT2D eigenvalue weighted by atomic mass is 10.2. The Balaban J connectivity index is 2.05. The molecular formula is C16H15ClN4O2. The number of halogens is 1. The number of nitrogens with zero attached hydrogens (tertiary/aromatic N) is 4. The smallest absolute Gasteiger partial charge is 0.358 e. The number of ether oxygens (including phenoxy) is 1. The van der Waals surface area contributed by atoms with Gasteiger partial charge in [0, 0.05) is 23.8 Å². The number of benzene rings is 1. The maximum atomic E-state index is 11.8. The third-order valence-corrected chi connectivity index (χ3v) is 3.82. The van der Waals surface area contributed by atoms with E-state index in [0.717, 1.165) is 16.8 Å². The third-order valence-electron chi connectivity index (χ3n) is 3.45. The second kappa shape index (κ2) is 6.26. The summed E-state index contributed by atoms with van der Waals surface area (Å²) in [4.78, 5) is 11.8. The van der Waals surface area contributed by atoms with Crippen molar-refractivity contribution in [2.24, 2.45) is 7.05 Å². The van der Waals surface area contributed by atoms with Crippen molar-refractivity contribution in [3.63, 3.8) is 0 Å². The Bertz CT molecular complexity index is 853. The molecule has 7 heteroatoms. The van der Waals surface area contributed by atoms with Crippen molar-refractivity contribution >= 4 is 17.6 Å². The van der Waals surface area contributed by atoms with Crippen molar-refractivity contribution in [2.45, 2.75) is 6.54 Å². The summed E-state index contributed by atoms with van der Waals surface area (Å²) in [7, 11) is 3.17. The second-order valence-corrected chi connectivity index (χ2v) is 5.47. The first-order chi connectivity index (χ1) is 11.1. The lowest BCUT2D eigenvalue weighted by molar-refractivity contribution is 0.0593. The third kappa shape index (κ3) is 3.12. The molecule has 2 heterocycles. The molecule has 0 unspecified atom stereocenters. The van der Waals surface area contributed by atoms with E-state index in [-0.39, 0.29) is 5.69 Å². The molecule has 118 valence electrons. The maximum absolute atomic E-state index is 11.8. The van der Waals surface area contributed by atoms with Crippen molar-refractivity contribution in [2.75, 3.05) is 7.11 Å². The number of aromatic nitrogens is 4. The molecule has 3 aromatic rings. The average molecular weight is 331 g/mol. The van der Waals surface area contributed by atoms with Crippen LogP contribution in [0.2, 0.25) is 5.02 Å². The van der Waals surface area contributed by atoms with E-state index in [1.165, 1.54) is 7.11 Å². The van der Waals surface area contributed by atoms with Gasteiger partial charge in [0.2, 0.25) is 0 Å². The Morgan fingerprint density at radius 1 is 1.35 bits per heavy atom. The van der Waals surface area contributed by atoms with E-state index in [2.05, 4.69) is 10.2 Å². The van der Waals surface area contributed by atoms with E-state index in [4.69, 9.17) is 16.3 Å². The van der Waals surface area contributed by atoms with Crippen LogP contribution in [0.1, 0.15) is 16.1 Å². The number of rotatable bonds is 4. The number of esters is 1. The Morgan fingerprint density at radius 2 is 2.13 bits per heavy atom. The van der Waals surface area contributed by atoms with Crippen molar-refractivity contribution in [1.82, 2.24) is 19.6 Å². The molecule has 0 atom stereocenters. The first-order valence-electron chi connectivity index (χ1n) is 6.97. The van der Waals surface area contributed by atoms with Gasteiger partial charge in [0.25, 0.3) is 0 Å². The van der Waals surface area contributed by atoms with Crippen LogP contribution < -0.4 is 0 Å². The number of hydrogen-bond acceptors (Lipinski definition) is 4. The van der Waals surface area contributed by atoms with Crippen LogP contribution in [0.25, 0.3) is 11.3 Å². The van der Waals surface area contributed by atoms with E-state index in [9.17, 15) is 4.79 Å². The van der Waals surface area contributed by atoms with E-state index in [1.54, 1.807) is 21.6 Å². The van der Waals surface area contributed by atoms with Crippen molar-refractivity contribution in [3.05, 3.63) is 59.0 Å². The van der Waals surface area contributed by atoms with Crippen LogP contribution >= 0.6 is 11.6 Å². The molecule has 23 heavy (non-hydrogen) atoms. The molecule has 2 aromatic heterocycles. The molecule has 0 fully saturated rings. The second-order valence-electron chi connectivity index (χ2n) is 5.06. The molecule has 3 rings (SSSR count). The van der Waals surface area contributed by atoms with Crippen molar-refractivity contribution in [1.29, 1.82) is 0 Å². The van der Waals surface area contributed by atoms with Gasteiger partial charge in [-0.25, -0.2) is 4.79 Å². The summed E-state index contributed by atoms with van der Waals surface area (Å²) >= 11 is 6.22. The van der Waals surface area contributed by atoms with E-state index >= 15 is 0 Å². The minimum Gasteiger partial charge on any atom is -0.464 e. The van der Waals surface area contributed by atoms with Gasteiger partial charge in [-0.05, 0) is 17.7 Å². The van der Waals surface area contributed by atoms with E-state index in [0.29, 0.717) is 11.6 Å². The molecular weight excluding hydrogens is 316 g/mol. The molecule has 0 saturated carbocycles. The van der Waals surface area contributed by atoms with Gasteiger partial charge in [-0.3, -0.25) is 9.36 Å². The highest BCUT2D eigenvalue weighted by atomic mass is 35.5. The van der Waals surface area contributed by atoms with Gasteiger partial charge < -0.3 is 4.74 Å². The summed E-state index contributed by atoms with van der Waals surface area (Å²) in [5.41, 5.74) is 2.80. The van der Waals surface area contributed by atoms with Crippen LogP contribution in [0.4, 0.5) is 0 Å². The fourth-order valence-electron chi connectivity index (χ4n) is 2.32. The van der Waals surface area contributed by atoms with E-state index < -0.39 is 5.97 Å². The standard InChI is InChI=1S/C16H15ClN4O2/c1-20-9-12(8-18-20)15-7-14(16(22)23-2)19-21(15)10-11-5-3-4-6-13(11)17/h3-9H,10H2,1-2H3. The molecule has 0 spiro atoms. The SMILES string of the molecule is COC(=O)c1cc(-c2cnn(C)c2)n(Cc2ccccc2Cl)n1. The number of carbonyl (C=O) groups excluding carboxylic acids is 1. The molecule has 0 radical (unpaired) electrons. The molecule has 0 aliphatic rings. The van der Waals surface area contributed by atoms with Gasteiger partial charge >= 0.3 is 5.97 Å². The molecule has 0 aliphatic carbocycles. The van der Waals surface area contributed by atoms with Crippen molar-refractivity contribution < 1.29 is 9.53 Å². The molecule has 0 aliphatic heterocycles. The first kappa shape index (κ1) is 15.3. The van der Waals surface area contributed by atoms with Crippen molar-refractivity contribution in [3.8, 4) is 11.3 Å². The quantitative estimate of drug-likeness (QED) is 0.690. The number of methoxy groups -OCH3 is 1. The number of aryl methyl sites for hydroxylation is 1. The highest BCUT2D eigenvalue weighted by Gasteiger charge is 2.17. The molecule has 0 saturated heterocycles. The number of hydrogen-bond donors (Lipinski definition) is 0. The van der Waals surface area contributed by atoms with Gasteiger partial charge in [-0.15, -0.1) is 0 Å². The van der Waals surface area contributed by atoms with Gasteiger partial charge in [0.05, 0.1) is 25.5 Å². The minimum absolute atomic E-state index is 0.249. The predicted octanol–water partition coefficient (Wildman–Crippen LogP) is 2.77. The van der Waals surface area contributed by atoms with Gasteiger partial charge in [0.15, 0.2) is 5.69 Å². The maximum Gasteiger partial charge on any atom is 0.358 e. The largest absolute Gasteiger partial charge is 0.464 e. The van der Waals surface area contributed by atoms with Crippen LogP contribution in [-0.2, 0) is 18.3 Å². The zero-order valence-electron chi connectivity index (χ0n) is 12.7. The zero-order chi connectivity index (χ0) is 16.4. The Kier molecular flexibility index (Phi) is 4.16. The van der Waals surface area contributed by atoms with Crippen LogP contribution in [0.5, 0.6) is 0 Å². The summed E-state index contributed by atoms with van der Waals surface area (Å²) in [5, 5.41) is 9.17. The highest BCUT2D eigenvalue weighted by Crippen LogP contribution is 2.23. The highest BCUT2D eigenvalue weighted by molar-refractivity contribution is 6.31. The summed E-state index contributed by atoms with van der Waals surface area (Å²) < 4.78 is 8.18. The van der Waals surface area contributed by atoms with Gasteiger partial charge in [0.1, 0.15) is 0 Å². The Morgan fingerprint density at radius 3 is 2.78 bits per heavy atom. The summed E-state index contributed by atoms with van der Waals surface area (Å²) in [6, 6.07) is 9.23. The fourth-order valence-corrected chi connectivity index (χ4v) is 2.51. The normalized spacial score (nSPS) is 10.7. The average Bonchev–Trinajstić information content (AvgIpc) is 3.15. The predicted molar refractivity (Wildman–Crippen MR) is 86.3 cm³/mol. The van der Waals surface area contributed by atoms with Crippen LogP contribution in [0.15, 0.2) is 42.7 Å².